The molecule has 0 unspecified atom stereocenters. The lowest BCUT2D eigenvalue weighted by molar-refractivity contribution is -0.120. The van der Waals surface area contributed by atoms with Gasteiger partial charge in [0.15, 0.2) is 0 Å². The topological polar surface area (TPSA) is 91.6 Å². The summed E-state index contributed by atoms with van der Waals surface area (Å²) in [5, 5.41) is 15.7. The van der Waals surface area contributed by atoms with E-state index in [4.69, 9.17) is 4.42 Å². The predicted molar refractivity (Wildman–Crippen MR) is 76.0 cm³/mol. The largest absolute Gasteiger partial charge is 0.478 e. The molecule has 1 aliphatic carbocycles. The van der Waals surface area contributed by atoms with Crippen LogP contribution >= 0.6 is 0 Å². The average Bonchev–Trinajstić information content (AvgIpc) is 3.17. The van der Waals surface area contributed by atoms with E-state index in [1.807, 2.05) is 0 Å². The maximum Gasteiger partial charge on any atom is 0.339 e. The molecule has 1 aliphatic rings. The second-order valence-corrected chi connectivity index (χ2v) is 5.15. The van der Waals surface area contributed by atoms with Crippen LogP contribution in [-0.2, 0) is 11.3 Å². The maximum atomic E-state index is 11.6. The second-order valence-electron chi connectivity index (χ2n) is 5.15. The molecule has 0 aliphatic heterocycles. The van der Waals surface area contributed by atoms with Crippen LogP contribution in [0.3, 0.4) is 0 Å². The third-order valence-electron chi connectivity index (χ3n) is 3.40. The van der Waals surface area contributed by atoms with Crippen LogP contribution in [0.25, 0.3) is 11.0 Å². The van der Waals surface area contributed by atoms with Crippen molar-refractivity contribution in [2.45, 2.75) is 25.4 Å². The fourth-order valence-electron chi connectivity index (χ4n) is 2.25. The number of para-hydroxylation sites is 1. The molecule has 1 heterocycles. The molecule has 3 N–H and O–H groups in total. The monoisotopic (exact) mass is 288 g/mol. The first-order valence-electron chi connectivity index (χ1n) is 6.89. The molecule has 1 fully saturated rings. The van der Waals surface area contributed by atoms with E-state index in [1.165, 1.54) is 0 Å². The van der Waals surface area contributed by atoms with Gasteiger partial charge in [0.2, 0.25) is 5.91 Å². The summed E-state index contributed by atoms with van der Waals surface area (Å²) in [6.07, 6.45) is 2.08. The summed E-state index contributed by atoms with van der Waals surface area (Å²) < 4.78 is 5.56. The number of carbonyl (C=O) groups is 2. The van der Waals surface area contributed by atoms with Crippen LogP contribution in [0.4, 0.5) is 0 Å². The number of carboxylic acids is 1. The average molecular weight is 288 g/mol. The van der Waals surface area contributed by atoms with Gasteiger partial charge in [-0.25, -0.2) is 4.79 Å². The van der Waals surface area contributed by atoms with Gasteiger partial charge < -0.3 is 20.2 Å². The molecule has 0 saturated heterocycles. The van der Waals surface area contributed by atoms with Gasteiger partial charge in [0.1, 0.15) is 16.9 Å². The van der Waals surface area contributed by atoms with Crippen molar-refractivity contribution < 1.29 is 19.1 Å². The Balaban J connectivity index is 1.69. The smallest absolute Gasteiger partial charge is 0.339 e. The van der Waals surface area contributed by atoms with Crippen molar-refractivity contribution in [2.75, 3.05) is 6.54 Å². The first-order valence-corrected chi connectivity index (χ1v) is 6.89. The summed E-state index contributed by atoms with van der Waals surface area (Å²) in [5.41, 5.74) is 0.690. The summed E-state index contributed by atoms with van der Waals surface area (Å²) in [6, 6.07) is 7.32. The number of hydrogen-bond acceptors (Lipinski definition) is 4. The Kier molecular flexibility index (Phi) is 3.62. The highest BCUT2D eigenvalue weighted by Crippen LogP contribution is 2.25. The fourth-order valence-corrected chi connectivity index (χ4v) is 2.25. The van der Waals surface area contributed by atoms with Gasteiger partial charge in [0.25, 0.3) is 0 Å². The van der Waals surface area contributed by atoms with E-state index in [1.54, 1.807) is 24.3 Å². The molecule has 110 valence electrons. The molecule has 1 aromatic carbocycles. The lowest BCUT2D eigenvalue weighted by Crippen LogP contribution is -2.34. The van der Waals surface area contributed by atoms with Gasteiger partial charge in [-0.15, -0.1) is 0 Å². The number of aromatic carboxylic acids is 1. The third kappa shape index (κ3) is 3.05. The molecule has 21 heavy (non-hydrogen) atoms. The SMILES string of the molecule is O=C(CNCc1oc2ccccc2c1C(=O)O)NC1CC1. The van der Waals surface area contributed by atoms with Crippen molar-refractivity contribution in [3.8, 4) is 0 Å². The van der Waals surface area contributed by atoms with Gasteiger partial charge in [-0.2, -0.15) is 0 Å². The highest BCUT2D eigenvalue weighted by atomic mass is 16.4. The lowest BCUT2D eigenvalue weighted by Gasteiger charge is -2.04. The standard InChI is InChI=1S/C15H16N2O4/c18-13(17-9-5-6-9)8-16-7-12-14(15(19)20)10-3-1-2-4-11(10)21-12/h1-4,9,16H,5-8H2,(H,17,18)(H,19,20). The quantitative estimate of drug-likeness (QED) is 0.749. The van der Waals surface area contributed by atoms with E-state index >= 15 is 0 Å². The first kappa shape index (κ1) is 13.6. The highest BCUT2D eigenvalue weighted by molar-refractivity contribution is 6.03. The number of furan rings is 1. The van der Waals surface area contributed by atoms with Crippen LogP contribution in [0.5, 0.6) is 0 Å². The predicted octanol–water partition coefficient (Wildman–Crippen LogP) is 1.50. The Labute approximate surface area is 121 Å². The van der Waals surface area contributed by atoms with Crippen LogP contribution < -0.4 is 10.6 Å². The normalized spacial score (nSPS) is 14.3. The van der Waals surface area contributed by atoms with E-state index in [0.717, 1.165) is 12.8 Å². The molecule has 0 spiro atoms. The Bertz CT molecular complexity index is 688. The maximum absolute atomic E-state index is 11.6. The molecule has 1 saturated carbocycles. The minimum Gasteiger partial charge on any atom is -0.478 e. The van der Waals surface area contributed by atoms with Crippen LogP contribution in [-0.4, -0.2) is 29.6 Å². The molecule has 6 heteroatoms. The number of hydrogen-bond donors (Lipinski definition) is 3. The van der Waals surface area contributed by atoms with Gasteiger partial charge in [-0.05, 0) is 18.9 Å². The van der Waals surface area contributed by atoms with Crippen LogP contribution in [0.1, 0.15) is 29.0 Å². The van der Waals surface area contributed by atoms with Gasteiger partial charge in [-0.3, -0.25) is 4.79 Å². The number of amides is 1. The Morgan fingerprint density at radius 1 is 1.29 bits per heavy atom. The Morgan fingerprint density at radius 3 is 2.76 bits per heavy atom. The summed E-state index contributed by atoms with van der Waals surface area (Å²) in [4.78, 5) is 22.9. The summed E-state index contributed by atoms with van der Waals surface area (Å²) in [7, 11) is 0. The molecular formula is C15H16N2O4. The van der Waals surface area contributed by atoms with Crippen molar-refractivity contribution in [1.29, 1.82) is 0 Å². The van der Waals surface area contributed by atoms with Crippen molar-refractivity contribution in [3.05, 3.63) is 35.6 Å². The molecule has 1 aromatic heterocycles. The van der Waals surface area contributed by atoms with Gasteiger partial charge >= 0.3 is 5.97 Å². The van der Waals surface area contributed by atoms with E-state index in [0.29, 0.717) is 22.8 Å². The van der Waals surface area contributed by atoms with Gasteiger partial charge in [0.05, 0.1) is 13.1 Å². The zero-order chi connectivity index (χ0) is 14.8. The number of rotatable bonds is 6. The lowest BCUT2D eigenvalue weighted by atomic mass is 10.1. The van der Waals surface area contributed by atoms with E-state index in [-0.39, 0.29) is 24.6 Å². The number of carboxylic acid groups (broad SMARTS) is 1. The molecule has 6 nitrogen and oxygen atoms in total. The molecule has 1 amide bonds. The van der Waals surface area contributed by atoms with Crippen molar-refractivity contribution in [1.82, 2.24) is 10.6 Å². The Hall–Kier alpha value is -2.34. The summed E-state index contributed by atoms with van der Waals surface area (Å²) in [5.74, 6) is -0.771. The number of fused-ring (bicyclic) bond motifs is 1. The van der Waals surface area contributed by atoms with Crippen LogP contribution in [0.2, 0.25) is 0 Å². The molecule has 0 atom stereocenters. The minimum absolute atomic E-state index is 0.0783. The van der Waals surface area contributed by atoms with Crippen LogP contribution in [0.15, 0.2) is 28.7 Å². The first-order chi connectivity index (χ1) is 10.1. The van der Waals surface area contributed by atoms with Crippen molar-refractivity contribution in [2.24, 2.45) is 0 Å². The van der Waals surface area contributed by atoms with E-state index in [9.17, 15) is 14.7 Å². The molecule has 2 aromatic rings. The number of carbonyl (C=O) groups excluding carboxylic acids is 1. The highest BCUT2D eigenvalue weighted by Gasteiger charge is 2.23. The number of nitrogens with one attached hydrogen (secondary N) is 2. The summed E-state index contributed by atoms with van der Waals surface area (Å²) >= 11 is 0. The third-order valence-corrected chi connectivity index (χ3v) is 3.40. The Morgan fingerprint density at radius 2 is 2.05 bits per heavy atom. The zero-order valence-corrected chi connectivity index (χ0v) is 11.4. The molecule has 0 radical (unpaired) electrons. The summed E-state index contributed by atoms with van der Waals surface area (Å²) in [6.45, 7) is 0.348. The van der Waals surface area contributed by atoms with Crippen molar-refractivity contribution in [3.63, 3.8) is 0 Å². The van der Waals surface area contributed by atoms with Crippen LogP contribution in [0, 0.1) is 0 Å². The molecule has 3 rings (SSSR count). The van der Waals surface area contributed by atoms with E-state index < -0.39 is 5.97 Å². The van der Waals surface area contributed by atoms with E-state index in [2.05, 4.69) is 10.6 Å². The van der Waals surface area contributed by atoms with Gasteiger partial charge in [0, 0.05) is 11.4 Å². The van der Waals surface area contributed by atoms with Gasteiger partial charge in [-0.1, -0.05) is 18.2 Å². The number of benzene rings is 1. The minimum atomic E-state index is -1.03. The molecule has 0 bridgehead atoms. The zero-order valence-electron chi connectivity index (χ0n) is 11.4. The second kappa shape index (κ2) is 5.57. The fraction of sp³-hybridized carbons (Fsp3) is 0.333. The molecular weight excluding hydrogens is 272 g/mol. The van der Waals surface area contributed by atoms with Crippen molar-refractivity contribution >= 4 is 22.8 Å².